The lowest BCUT2D eigenvalue weighted by molar-refractivity contribution is 0.0434. The monoisotopic (exact) mass is 270 g/mol. The summed E-state index contributed by atoms with van der Waals surface area (Å²) in [5.41, 5.74) is 0.343. The Balaban J connectivity index is 2.55. The summed E-state index contributed by atoms with van der Waals surface area (Å²) < 4.78 is 5.15. The van der Waals surface area contributed by atoms with Crippen LogP contribution in [0.2, 0.25) is 0 Å². The molecule has 0 amide bonds. The van der Waals surface area contributed by atoms with E-state index in [1.54, 1.807) is 7.11 Å². The summed E-state index contributed by atoms with van der Waals surface area (Å²) in [4.78, 5) is 2.71. The molecule has 1 aliphatic rings. The Morgan fingerprint density at radius 1 is 1.26 bits per heavy atom. The van der Waals surface area contributed by atoms with E-state index in [1.165, 1.54) is 25.9 Å². The molecule has 1 aliphatic heterocycles. The molecule has 1 N–H and O–H groups in total. The van der Waals surface area contributed by atoms with Crippen molar-refractivity contribution in [2.45, 2.75) is 59.5 Å². The third-order valence-electron chi connectivity index (χ3n) is 4.29. The number of ether oxygens (including phenoxy) is 1. The van der Waals surface area contributed by atoms with Crippen LogP contribution in [-0.4, -0.2) is 50.3 Å². The molecule has 0 radical (unpaired) electrons. The minimum atomic E-state index is 0.343. The Morgan fingerprint density at radius 3 is 2.47 bits per heavy atom. The summed E-state index contributed by atoms with van der Waals surface area (Å²) in [5, 5.41) is 3.74. The van der Waals surface area contributed by atoms with Gasteiger partial charge in [0.15, 0.2) is 0 Å². The van der Waals surface area contributed by atoms with E-state index in [2.05, 4.69) is 44.8 Å². The molecule has 114 valence electrons. The first kappa shape index (κ1) is 16.9. The largest absolute Gasteiger partial charge is 0.385 e. The topological polar surface area (TPSA) is 24.5 Å². The molecule has 19 heavy (non-hydrogen) atoms. The number of unbranched alkanes of at least 4 members (excludes halogenated alkanes) is 1. The Labute approximate surface area is 120 Å². The van der Waals surface area contributed by atoms with Gasteiger partial charge in [0.05, 0.1) is 0 Å². The van der Waals surface area contributed by atoms with Crippen LogP contribution in [0.4, 0.5) is 0 Å². The molecule has 3 heteroatoms. The third kappa shape index (κ3) is 5.41. The Kier molecular flexibility index (Phi) is 6.78. The standard InChI is InChI=1S/C16H34N2O/c1-13(2)14-12-18(9-7-8-10-19-6)15(11-17-14)16(3,4)5/h13-15,17H,7-12H2,1-6H3. The van der Waals surface area contributed by atoms with Crippen molar-refractivity contribution in [1.29, 1.82) is 0 Å². The van der Waals surface area contributed by atoms with Crippen LogP contribution >= 0.6 is 0 Å². The van der Waals surface area contributed by atoms with Crippen molar-refractivity contribution in [2.24, 2.45) is 11.3 Å². The van der Waals surface area contributed by atoms with Gasteiger partial charge in [0.2, 0.25) is 0 Å². The van der Waals surface area contributed by atoms with Crippen LogP contribution < -0.4 is 5.32 Å². The number of hydrogen-bond acceptors (Lipinski definition) is 3. The molecule has 0 bridgehead atoms. The molecule has 0 aromatic rings. The Morgan fingerprint density at radius 2 is 1.95 bits per heavy atom. The van der Waals surface area contributed by atoms with E-state index < -0.39 is 0 Å². The highest BCUT2D eigenvalue weighted by molar-refractivity contribution is 4.93. The second-order valence-electron chi connectivity index (χ2n) is 7.34. The van der Waals surface area contributed by atoms with Crippen molar-refractivity contribution in [2.75, 3.05) is 33.4 Å². The molecule has 0 spiro atoms. The van der Waals surface area contributed by atoms with Crippen LogP contribution in [0.1, 0.15) is 47.5 Å². The number of piperazine rings is 1. The molecule has 1 saturated heterocycles. The maximum atomic E-state index is 5.15. The van der Waals surface area contributed by atoms with E-state index in [-0.39, 0.29) is 0 Å². The first-order chi connectivity index (χ1) is 8.86. The number of hydrogen-bond donors (Lipinski definition) is 1. The molecule has 1 heterocycles. The fourth-order valence-corrected chi connectivity index (χ4v) is 2.95. The van der Waals surface area contributed by atoms with Crippen molar-refractivity contribution in [3.63, 3.8) is 0 Å². The highest BCUT2D eigenvalue weighted by Crippen LogP contribution is 2.27. The van der Waals surface area contributed by atoms with E-state index in [1.807, 2.05) is 0 Å². The molecule has 0 aromatic heterocycles. The minimum Gasteiger partial charge on any atom is -0.385 e. The summed E-state index contributed by atoms with van der Waals surface area (Å²) in [5.74, 6) is 0.711. The van der Waals surface area contributed by atoms with Gasteiger partial charge < -0.3 is 10.1 Å². The van der Waals surface area contributed by atoms with Crippen LogP contribution in [0.15, 0.2) is 0 Å². The van der Waals surface area contributed by atoms with Gasteiger partial charge in [-0.3, -0.25) is 4.90 Å². The van der Waals surface area contributed by atoms with Crippen molar-refractivity contribution < 1.29 is 4.74 Å². The Hall–Kier alpha value is -0.120. The van der Waals surface area contributed by atoms with Gasteiger partial charge in [0.1, 0.15) is 0 Å². The van der Waals surface area contributed by atoms with E-state index in [0.717, 1.165) is 13.2 Å². The third-order valence-corrected chi connectivity index (χ3v) is 4.29. The summed E-state index contributed by atoms with van der Waals surface area (Å²) in [7, 11) is 1.79. The normalized spacial score (nSPS) is 26.1. The van der Waals surface area contributed by atoms with E-state index in [9.17, 15) is 0 Å². The molecule has 0 aromatic carbocycles. The predicted molar refractivity (Wildman–Crippen MR) is 82.6 cm³/mol. The molecule has 2 unspecified atom stereocenters. The Bertz CT molecular complexity index is 248. The lowest BCUT2D eigenvalue weighted by atomic mass is 9.83. The quantitative estimate of drug-likeness (QED) is 0.751. The number of rotatable bonds is 6. The maximum Gasteiger partial charge on any atom is 0.0462 e. The van der Waals surface area contributed by atoms with Gasteiger partial charge in [0, 0.05) is 38.9 Å². The minimum absolute atomic E-state index is 0.343. The zero-order valence-corrected chi connectivity index (χ0v) is 13.8. The molecule has 0 aliphatic carbocycles. The van der Waals surface area contributed by atoms with Gasteiger partial charge in [-0.15, -0.1) is 0 Å². The maximum absolute atomic E-state index is 5.15. The summed E-state index contributed by atoms with van der Waals surface area (Å²) in [6.45, 7) is 16.1. The smallest absolute Gasteiger partial charge is 0.0462 e. The fraction of sp³-hybridized carbons (Fsp3) is 1.00. The van der Waals surface area contributed by atoms with Crippen molar-refractivity contribution in [1.82, 2.24) is 10.2 Å². The fourth-order valence-electron chi connectivity index (χ4n) is 2.95. The highest BCUT2D eigenvalue weighted by atomic mass is 16.5. The van der Waals surface area contributed by atoms with E-state index in [4.69, 9.17) is 4.74 Å². The number of methoxy groups -OCH3 is 1. The molecule has 1 rings (SSSR count). The van der Waals surface area contributed by atoms with Crippen LogP contribution in [0.25, 0.3) is 0 Å². The van der Waals surface area contributed by atoms with Crippen molar-refractivity contribution in [3.05, 3.63) is 0 Å². The van der Waals surface area contributed by atoms with E-state index in [0.29, 0.717) is 23.4 Å². The van der Waals surface area contributed by atoms with Gasteiger partial charge in [-0.1, -0.05) is 34.6 Å². The highest BCUT2D eigenvalue weighted by Gasteiger charge is 2.35. The SMILES string of the molecule is COCCCCN1CC(C(C)C)NCC1C(C)(C)C. The number of nitrogens with one attached hydrogen (secondary N) is 1. The molecule has 2 atom stereocenters. The van der Waals surface area contributed by atoms with Crippen molar-refractivity contribution in [3.8, 4) is 0 Å². The van der Waals surface area contributed by atoms with Gasteiger partial charge in [-0.2, -0.15) is 0 Å². The summed E-state index contributed by atoms with van der Waals surface area (Å²) in [6, 6.07) is 1.28. The van der Waals surface area contributed by atoms with Gasteiger partial charge >= 0.3 is 0 Å². The van der Waals surface area contributed by atoms with Crippen LogP contribution in [0.5, 0.6) is 0 Å². The van der Waals surface area contributed by atoms with Gasteiger partial charge in [0.25, 0.3) is 0 Å². The molecule has 1 fully saturated rings. The molecule has 3 nitrogen and oxygen atoms in total. The second kappa shape index (κ2) is 7.61. The van der Waals surface area contributed by atoms with Gasteiger partial charge in [-0.05, 0) is 30.7 Å². The van der Waals surface area contributed by atoms with Crippen LogP contribution in [0.3, 0.4) is 0 Å². The summed E-state index contributed by atoms with van der Waals surface area (Å²) >= 11 is 0. The molecule has 0 saturated carbocycles. The summed E-state index contributed by atoms with van der Waals surface area (Å²) in [6.07, 6.45) is 2.41. The first-order valence-corrected chi connectivity index (χ1v) is 7.82. The van der Waals surface area contributed by atoms with Crippen LogP contribution in [0, 0.1) is 11.3 Å². The zero-order valence-electron chi connectivity index (χ0n) is 13.8. The molecular weight excluding hydrogens is 236 g/mol. The number of nitrogens with zero attached hydrogens (tertiary/aromatic N) is 1. The predicted octanol–water partition coefficient (Wildman–Crippen LogP) is 2.76. The lowest BCUT2D eigenvalue weighted by Crippen LogP contribution is -2.61. The van der Waals surface area contributed by atoms with Gasteiger partial charge in [-0.25, -0.2) is 0 Å². The van der Waals surface area contributed by atoms with Crippen molar-refractivity contribution >= 4 is 0 Å². The second-order valence-corrected chi connectivity index (χ2v) is 7.34. The molecular formula is C16H34N2O. The zero-order chi connectivity index (χ0) is 14.5. The first-order valence-electron chi connectivity index (χ1n) is 7.82. The lowest BCUT2D eigenvalue weighted by Gasteiger charge is -2.47. The van der Waals surface area contributed by atoms with E-state index >= 15 is 0 Å². The average molecular weight is 270 g/mol. The average Bonchev–Trinajstić information content (AvgIpc) is 2.33. The van der Waals surface area contributed by atoms with Crippen LogP contribution in [-0.2, 0) is 4.74 Å².